The van der Waals surface area contributed by atoms with Crippen molar-refractivity contribution in [2.45, 2.75) is 19.4 Å². The first-order chi connectivity index (χ1) is 7.07. The van der Waals surface area contributed by atoms with Crippen molar-refractivity contribution in [3.05, 3.63) is 0 Å². The molecule has 1 fully saturated rings. The van der Waals surface area contributed by atoms with Crippen LogP contribution in [0.15, 0.2) is 5.16 Å². The van der Waals surface area contributed by atoms with E-state index in [-0.39, 0.29) is 17.8 Å². The molecule has 1 aliphatic rings. The average molecular weight is 231 g/mol. The van der Waals surface area contributed by atoms with Crippen molar-refractivity contribution < 1.29 is 10.0 Å². The van der Waals surface area contributed by atoms with E-state index in [0.717, 1.165) is 17.9 Å². The third-order valence-electron chi connectivity index (χ3n) is 2.73. The van der Waals surface area contributed by atoms with Crippen LogP contribution in [0.3, 0.4) is 0 Å². The van der Waals surface area contributed by atoms with Crippen molar-refractivity contribution in [2.75, 3.05) is 18.6 Å². The molecule has 1 aliphatic heterocycles. The number of amides is 1. The number of oxime groups is 1. The Hall–Kier alpha value is -0.910. The molecular formula is C9H17N3O2S. The van der Waals surface area contributed by atoms with Crippen LogP contribution < -0.4 is 5.73 Å². The Morgan fingerprint density at radius 1 is 1.73 bits per heavy atom. The third-order valence-corrected chi connectivity index (χ3v) is 3.88. The molecule has 0 aliphatic carbocycles. The van der Waals surface area contributed by atoms with Crippen LogP contribution in [-0.4, -0.2) is 46.4 Å². The fourth-order valence-corrected chi connectivity index (χ4v) is 2.79. The number of carbonyl (C=O) groups excluding carboxylic acids is 1. The maximum atomic E-state index is 11.9. The highest BCUT2D eigenvalue weighted by molar-refractivity contribution is 7.99. The van der Waals surface area contributed by atoms with Gasteiger partial charge in [-0.15, -0.1) is 0 Å². The van der Waals surface area contributed by atoms with Crippen LogP contribution in [0.25, 0.3) is 0 Å². The molecule has 2 atom stereocenters. The molecule has 3 N–H and O–H groups in total. The summed E-state index contributed by atoms with van der Waals surface area (Å²) in [6.07, 6.45) is 1.02. The number of hydrogen-bond donors (Lipinski definition) is 2. The molecule has 0 saturated carbocycles. The fourth-order valence-electron chi connectivity index (χ4n) is 1.53. The summed E-state index contributed by atoms with van der Waals surface area (Å²) in [6, 6.07) is 0.288. The number of hydrogen-bond acceptors (Lipinski definition) is 4. The highest BCUT2D eigenvalue weighted by Gasteiger charge is 2.28. The molecule has 1 heterocycles. The lowest BCUT2D eigenvalue weighted by Gasteiger charge is -2.26. The van der Waals surface area contributed by atoms with Gasteiger partial charge in [-0.3, -0.25) is 4.79 Å². The summed E-state index contributed by atoms with van der Waals surface area (Å²) in [5.41, 5.74) is 5.40. The van der Waals surface area contributed by atoms with Gasteiger partial charge in [-0.1, -0.05) is 5.16 Å². The van der Waals surface area contributed by atoms with E-state index in [2.05, 4.69) is 5.16 Å². The van der Waals surface area contributed by atoms with Gasteiger partial charge in [0, 0.05) is 18.8 Å². The van der Waals surface area contributed by atoms with Crippen LogP contribution in [-0.2, 0) is 4.79 Å². The Bertz CT molecular complexity index is 264. The summed E-state index contributed by atoms with van der Waals surface area (Å²) in [7, 11) is 1.78. The van der Waals surface area contributed by atoms with Crippen molar-refractivity contribution in [2.24, 2.45) is 16.8 Å². The molecule has 86 valence electrons. The molecule has 0 radical (unpaired) electrons. The lowest BCUT2D eigenvalue weighted by atomic mass is 10.1. The predicted molar refractivity (Wildman–Crippen MR) is 61.1 cm³/mol. The molecule has 0 aromatic rings. The van der Waals surface area contributed by atoms with E-state index in [0.29, 0.717) is 0 Å². The average Bonchev–Trinajstić information content (AvgIpc) is 2.78. The highest BCUT2D eigenvalue weighted by Crippen LogP contribution is 2.22. The van der Waals surface area contributed by atoms with Gasteiger partial charge >= 0.3 is 0 Å². The first kappa shape index (κ1) is 12.2. The predicted octanol–water partition coefficient (Wildman–Crippen LogP) is 0.333. The minimum atomic E-state index is -0.550. The van der Waals surface area contributed by atoms with Crippen LogP contribution in [0, 0.1) is 5.92 Å². The number of thioether (sulfide) groups is 1. The molecule has 2 unspecified atom stereocenters. The number of nitrogens with two attached hydrogens (primary N) is 1. The zero-order valence-corrected chi connectivity index (χ0v) is 9.83. The van der Waals surface area contributed by atoms with E-state index in [4.69, 9.17) is 10.9 Å². The summed E-state index contributed by atoms with van der Waals surface area (Å²) in [6.45, 7) is 1.65. The van der Waals surface area contributed by atoms with Crippen molar-refractivity contribution in [1.82, 2.24) is 4.90 Å². The SMILES string of the molecule is CC(C(=O)N(C)C1CCSC1)C(N)=NO. The molecular weight excluding hydrogens is 214 g/mol. The first-order valence-electron chi connectivity index (χ1n) is 4.89. The van der Waals surface area contributed by atoms with Crippen molar-refractivity contribution in [3.8, 4) is 0 Å². The summed E-state index contributed by atoms with van der Waals surface area (Å²) in [5, 5.41) is 11.3. The van der Waals surface area contributed by atoms with E-state index >= 15 is 0 Å². The summed E-state index contributed by atoms with van der Waals surface area (Å²) >= 11 is 1.85. The van der Waals surface area contributed by atoms with Gasteiger partial charge < -0.3 is 15.8 Å². The Morgan fingerprint density at radius 3 is 2.87 bits per heavy atom. The van der Waals surface area contributed by atoms with Gasteiger partial charge in [0.05, 0.1) is 5.92 Å². The van der Waals surface area contributed by atoms with E-state index in [1.165, 1.54) is 0 Å². The maximum Gasteiger partial charge on any atom is 0.233 e. The fraction of sp³-hybridized carbons (Fsp3) is 0.778. The topological polar surface area (TPSA) is 78.9 Å². The zero-order valence-electron chi connectivity index (χ0n) is 9.01. The van der Waals surface area contributed by atoms with Gasteiger partial charge in [-0.25, -0.2) is 0 Å². The molecule has 1 saturated heterocycles. The minimum Gasteiger partial charge on any atom is -0.409 e. The summed E-state index contributed by atoms with van der Waals surface area (Å²) in [5.74, 6) is 1.41. The minimum absolute atomic E-state index is 0.0301. The lowest BCUT2D eigenvalue weighted by Crippen LogP contribution is -2.43. The van der Waals surface area contributed by atoms with Crippen LogP contribution in [0.1, 0.15) is 13.3 Å². The highest BCUT2D eigenvalue weighted by atomic mass is 32.2. The number of rotatable bonds is 3. The monoisotopic (exact) mass is 231 g/mol. The second-order valence-corrected chi connectivity index (χ2v) is 4.86. The van der Waals surface area contributed by atoms with Crippen molar-refractivity contribution in [1.29, 1.82) is 0 Å². The molecule has 6 heteroatoms. The Labute approximate surface area is 93.7 Å². The largest absolute Gasteiger partial charge is 0.409 e. The Balaban J connectivity index is 2.58. The lowest BCUT2D eigenvalue weighted by molar-refractivity contribution is -0.133. The van der Waals surface area contributed by atoms with E-state index < -0.39 is 5.92 Å². The van der Waals surface area contributed by atoms with Crippen molar-refractivity contribution >= 4 is 23.5 Å². The number of carbonyl (C=O) groups is 1. The van der Waals surface area contributed by atoms with Gasteiger partial charge in [-0.2, -0.15) is 11.8 Å². The van der Waals surface area contributed by atoms with Crippen LogP contribution in [0.4, 0.5) is 0 Å². The molecule has 1 amide bonds. The summed E-state index contributed by atoms with van der Waals surface area (Å²) in [4.78, 5) is 13.6. The van der Waals surface area contributed by atoms with Crippen LogP contribution >= 0.6 is 11.8 Å². The Morgan fingerprint density at radius 2 is 2.40 bits per heavy atom. The van der Waals surface area contributed by atoms with Crippen molar-refractivity contribution in [3.63, 3.8) is 0 Å². The zero-order chi connectivity index (χ0) is 11.4. The third kappa shape index (κ3) is 2.77. The van der Waals surface area contributed by atoms with Gasteiger partial charge in [0.2, 0.25) is 5.91 Å². The summed E-state index contributed by atoms with van der Waals surface area (Å²) < 4.78 is 0. The molecule has 1 rings (SSSR count). The van der Waals surface area contributed by atoms with Crippen LogP contribution in [0.2, 0.25) is 0 Å². The molecule has 0 bridgehead atoms. The Kier molecular flexibility index (Phi) is 4.26. The molecule has 0 aromatic heterocycles. The normalized spacial score (nSPS) is 23.9. The molecule has 15 heavy (non-hydrogen) atoms. The second-order valence-electron chi connectivity index (χ2n) is 3.71. The van der Waals surface area contributed by atoms with Gasteiger partial charge in [0.15, 0.2) is 5.84 Å². The maximum absolute atomic E-state index is 11.9. The molecule has 0 aromatic carbocycles. The quantitative estimate of drug-likeness (QED) is 0.317. The van der Waals surface area contributed by atoms with E-state index in [1.54, 1.807) is 18.9 Å². The standard InChI is InChI=1S/C9H17N3O2S/c1-6(8(10)11-14)9(13)12(2)7-3-4-15-5-7/h6-7,14H,3-5H2,1-2H3,(H2,10,11). The number of nitrogens with zero attached hydrogens (tertiary/aromatic N) is 2. The van der Waals surface area contributed by atoms with Gasteiger partial charge in [0.1, 0.15) is 0 Å². The van der Waals surface area contributed by atoms with Gasteiger partial charge in [0.25, 0.3) is 0 Å². The smallest absolute Gasteiger partial charge is 0.233 e. The van der Waals surface area contributed by atoms with E-state index in [1.807, 2.05) is 11.8 Å². The van der Waals surface area contributed by atoms with Crippen LogP contribution in [0.5, 0.6) is 0 Å². The molecule has 5 nitrogen and oxygen atoms in total. The first-order valence-corrected chi connectivity index (χ1v) is 6.05. The van der Waals surface area contributed by atoms with E-state index in [9.17, 15) is 4.79 Å². The van der Waals surface area contributed by atoms with Gasteiger partial charge in [-0.05, 0) is 19.1 Å². The number of amidine groups is 1. The molecule has 0 spiro atoms. The second kappa shape index (κ2) is 5.25.